The second-order valence-electron chi connectivity index (χ2n) is 7.90. The van der Waals surface area contributed by atoms with Crippen molar-refractivity contribution in [2.45, 2.75) is 70.4 Å². The molecule has 1 aliphatic rings. The van der Waals surface area contributed by atoms with E-state index in [1.54, 1.807) is 0 Å². The van der Waals surface area contributed by atoms with Crippen molar-refractivity contribution in [1.29, 1.82) is 0 Å². The summed E-state index contributed by atoms with van der Waals surface area (Å²) in [4.78, 5) is 14.4. The van der Waals surface area contributed by atoms with Gasteiger partial charge in [0.15, 0.2) is 5.82 Å². The molecule has 0 radical (unpaired) electrons. The Morgan fingerprint density at radius 3 is 2.30 bits per heavy atom. The summed E-state index contributed by atoms with van der Waals surface area (Å²) in [6.07, 6.45) is -4.88. The molecule has 11 heteroatoms. The predicted molar refractivity (Wildman–Crippen MR) is 102 cm³/mol. The van der Waals surface area contributed by atoms with Gasteiger partial charge < -0.3 is 10.2 Å². The third kappa shape index (κ3) is 6.82. The zero-order valence-corrected chi connectivity index (χ0v) is 17.4. The van der Waals surface area contributed by atoms with Gasteiger partial charge in [-0.05, 0) is 52.3 Å². The minimum absolute atomic E-state index is 0.0425. The highest BCUT2D eigenvalue weighted by Gasteiger charge is 2.37. The molecular weight excluding hydrogens is 412 g/mol. The van der Waals surface area contributed by atoms with Gasteiger partial charge in [-0.2, -0.15) is 36.3 Å². The fourth-order valence-corrected chi connectivity index (χ4v) is 3.02. The molecule has 1 heterocycles. The number of nitrogens with one attached hydrogen (secondary N) is 1. The lowest BCUT2D eigenvalue weighted by atomic mass is 9.94. The third-order valence-electron chi connectivity index (χ3n) is 5.17. The maximum absolute atomic E-state index is 12.9. The van der Waals surface area contributed by atoms with Crippen LogP contribution in [0, 0.1) is 5.92 Å². The van der Waals surface area contributed by atoms with E-state index in [-0.39, 0.29) is 36.5 Å². The van der Waals surface area contributed by atoms with E-state index in [0.717, 1.165) is 32.3 Å². The van der Waals surface area contributed by atoms with Crippen molar-refractivity contribution in [1.82, 2.24) is 19.9 Å². The summed E-state index contributed by atoms with van der Waals surface area (Å²) in [5.41, 5.74) is 0.759. The van der Waals surface area contributed by atoms with Crippen LogP contribution >= 0.6 is 0 Å². The summed E-state index contributed by atoms with van der Waals surface area (Å²) in [7, 11) is 3.83. The molecule has 0 saturated carbocycles. The highest BCUT2D eigenvalue weighted by Crippen LogP contribution is 2.30. The number of alkyl halides is 6. The fourth-order valence-electron chi connectivity index (χ4n) is 3.02. The van der Waals surface area contributed by atoms with E-state index in [0.29, 0.717) is 6.42 Å². The summed E-state index contributed by atoms with van der Waals surface area (Å²) >= 11 is 0. The first-order valence-corrected chi connectivity index (χ1v) is 9.79. The normalized spacial score (nSPS) is 20.1. The smallest absolute Gasteiger partial charge is 0.343 e. The number of hydrogen-bond acceptors (Lipinski definition) is 5. The minimum atomic E-state index is -4.52. The van der Waals surface area contributed by atoms with Gasteiger partial charge in [-0.3, -0.25) is 0 Å². The first-order valence-electron chi connectivity index (χ1n) is 9.79. The minimum Gasteiger partial charge on any atom is -0.343 e. The fraction of sp³-hybridized carbons (Fsp3) is 0.737. The molecule has 0 aliphatic heterocycles. The van der Waals surface area contributed by atoms with Crippen LogP contribution < -0.4 is 5.32 Å². The number of rotatable bonds is 7. The van der Waals surface area contributed by atoms with Crippen LogP contribution in [0.25, 0.3) is 5.57 Å². The van der Waals surface area contributed by atoms with Gasteiger partial charge in [0, 0.05) is 12.5 Å². The van der Waals surface area contributed by atoms with Gasteiger partial charge in [-0.15, -0.1) is 0 Å². The molecular formula is C19H27F6N5. The SMILES string of the molecule is C[C@@H](CCc1nc(N[C@H](C)C(F)(F)F)nc(C2=CC(N(C)C)CCC2)n1)C(F)(F)F. The zero-order chi connectivity index (χ0) is 22.7. The number of likely N-dealkylation sites (N-methyl/N-ethyl adjacent to an activating group) is 1. The molecule has 30 heavy (non-hydrogen) atoms. The van der Waals surface area contributed by atoms with Crippen LogP contribution in [0.15, 0.2) is 6.08 Å². The van der Waals surface area contributed by atoms with E-state index in [2.05, 4.69) is 20.3 Å². The van der Waals surface area contributed by atoms with Crippen LogP contribution in [0.1, 0.15) is 51.2 Å². The Bertz CT molecular complexity index is 744. The van der Waals surface area contributed by atoms with Crippen molar-refractivity contribution >= 4 is 11.5 Å². The van der Waals surface area contributed by atoms with E-state index < -0.39 is 24.3 Å². The molecule has 3 atom stereocenters. The standard InChI is InChI=1S/C19H27F6N5/c1-11(18(20,21)22)8-9-15-27-16(13-6-5-7-14(10-13)30(3)4)29-17(28-15)26-12(2)19(23,24)25/h10-12,14H,5-9H2,1-4H3,(H,26,27,28,29)/t11-,12+,14?/m0/s1. The van der Waals surface area contributed by atoms with Crippen molar-refractivity contribution < 1.29 is 26.3 Å². The number of anilines is 1. The molecule has 1 aromatic rings. The second-order valence-corrected chi connectivity index (χ2v) is 7.90. The van der Waals surface area contributed by atoms with E-state index >= 15 is 0 Å². The average Bonchev–Trinajstić information content (AvgIpc) is 2.64. The van der Waals surface area contributed by atoms with E-state index in [1.807, 2.05) is 25.1 Å². The molecule has 0 aromatic carbocycles. The molecule has 1 aromatic heterocycles. The highest BCUT2D eigenvalue weighted by molar-refractivity contribution is 5.62. The van der Waals surface area contributed by atoms with Gasteiger partial charge in [-0.25, -0.2) is 4.98 Å². The Morgan fingerprint density at radius 1 is 1.07 bits per heavy atom. The van der Waals surface area contributed by atoms with E-state index in [1.165, 1.54) is 0 Å². The Morgan fingerprint density at radius 2 is 1.73 bits per heavy atom. The number of hydrogen-bond donors (Lipinski definition) is 1. The molecule has 170 valence electrons. The van der Waals surface area contributed by atoms with Crippen LogP contribution in [0.3, 0.4) is 0 Å². The highest BCUT2D eigenvalue weighted by atomic mass is 19.4. The van der Waals surface area contributed by atoms with E-state index in [4.69, 9.17) is 0 Å². The van der Waals surface area contributed by atoms with Crippen molar-refractivity contribution in [3.05, 3.63) is 17.7 Å². The molecule has 1 unspecified atom stereocenters. The lowest BCUT2D eigenvalue weighted by Crippen LogP contribution is -2.34. The van der Waals surface area contributed by atoms with Gasteiger partial charge in [0.25, 0.3) is 0 Å². The molecule has 0 bridgehead atoms. The van der Waals surface area contributed by atoms with Gasteiger partial charge >= 0.3 is 12.4 Å². The molecule has 5 nitrogen and oxygen atoms in total. The monoisotopic (exact) mass is 439 g/mol. The maximum Gasteiger partial charge on any atom is 0.408 e. The van der Waals surface area contributed by atoms with E-state index in [9.17, 15) is 26.3 Å². The van der Waals surface area contributed by atoms with Crippen molar-refractivity contribution in [3.8, 4) is 0 Å². The van der Waals surface area contributed by atoms with Crippen LogP contribution in [-0.4, -0.2) is 58.4 Å². The molecule has 0 fully saturated rings. The topological polar surface area (TPSA) is 53.9 Å². The number of allylic oxidation sites excluding steroid dienone is 1. The lowest BCUT2D eigenvalue weighted by molar-refractivity contribution is -0.171. The van der Waals surface area contributed by atoms with Gasteiger partial charge in [0.05, 0.1) is 5.92 Å². The first kappa shape index (κ1) is 24.4. The Kier molecular flexibility index (Phi) is 7.70. The molecule has 2 rings (SSSR count). The predicted octanol–water partition coefficient (Wildman–Crippen LogP) is 4.86. The van der Waals surface area contributed by atoms with Crippen molar-refractivity contribution in [3.63, 3.8) is 0 Å². The second kappa shape index (κ2) is 9.49. The number of aryl methyl sites for hydroxylation is 1. The summed E-state index contributed by atoms with van der Waals surface area (Å²) in [5.74, 6) is -1.61. The molecule has 0 amide bonds. The van der Waals surface area contributed by atoms with Gasteiger partial charge in [-0.1, -0.05) is 13.0 Å². The number of aromatic nitrogens is 3. The van der Waals surface area contributed by atoms with Gasteiger partial charge in [0.1, 0.15) is 11.9 Å². The lowest BCUT2D eigenvalue weighted by Gasteiger charge is -2.26. The third-order valence-corrected chi connectivity index (χ3v) is 5.17. The summed E-state index contributed by atoms with van der Waals surface area (Å²) < 4.78 is 77.3. The molecule has 1 N–H and O–H groups in total. The molecule has 1 aliphatic carbocycles. The van der Waals surface area contributed by atoms with Crippen LogP contribution in [0.5, 0.6) is 0 Å². The Labute approximate surface area is 172 Å². The largest absolute Gasteiger partial charge is 0.408 e. The Balaban J connectivity index is 2.34. The Hall–Kier alpha value is -1.91. The van der Waals surface area contributed by atoms with Crippen LogP contribution in [0.2, 0.25) is 0 Å². The van der Waals surface area contributed by atoms with Crippen molar-refractivity contribution in [2.24, 2.45) is 5.92 Å². The van der Waals surface area contributed by atoms with Crippen LogP contribution in [0.4, 0.5) is 32.3 Å². The number of nitrogens with zero attached hydrogens (tertiary/aromatic N) is 4. The average molecular weight is 439 g/mol. The number of halogens is 6. The summed E-state index contributed by atoms with van der Waals surface area (Å²) in [6.45, 7) is 1.98. The maximum atomic E-state index is 12.9. The summed E-state index contributed by atoms with van der Waals surface area (Å²) in [6, 6.07) is -1.78. The van der Waals surface area contributed by atoms with Crippen molar-refractivity contribution in [2.75, 3.05) is 19.4 Å². The van der Waals surface area contributed by atoms with Gasteiger partial charge in [0.2, 0.25) is 5.95 Å². The summed E-state index contributed by atoms with van der Waals surface area (Å²) in [5, 5.41) is 2.21. The quantitative estimate of drug-likeness (QED) is 0.615. The first-order chi connectivity index (χ1) is 13.8. The van der Waals surface area contributed by atoms with Crippen LogP contribution in [-0.2, 0) is 6.42 Å². The zero-order valence-electron chi connectivity index (χ0n) is 17.4. The molecule has 0 saturated heterocycles. The molecule has 0 spiro atoms.